The normalized spacial score (nSPS) is 15.8. The van der Waals surface area contributed by atoms with Gasteiger partial charge in [-0.25, -0.2) is 4.39 Å². The zero-order valence-corrected chi connectivity index (χ0v) is 8.51. The maximum absolute atomic E-state index is 13.1. The molecule has 0 saturated carbocycles. The highest BCUT2D eigenvalue weighted by molar-refractivity contribution is 4.96. The summed E-state index contributed by atoms with van der Waals surface area (Å²) in [5.74, 6) is -1.71. The zero-order chi connectivity index (χ0) is 13.9. The van der Waals surface area contributed by atoms with E-state index in [1.54, 1.807) is 0 Å². The number of rotatable bonds is 5. The number of hydrogen-bond donors (Lipinski definition) is 0. The number of hydrogen-bond acceptors (Lipinski definition) is 0. The van der Waals surface area contributed by atoms with E-state index >= 15 is 0 Å². The smallest absolute Gasteiger partial charge is 0.251 e. The lowest BCUT2D eigenvalue weighted by Crippen LogP contribution is -2.54. The average molecular weight is 270 g/mol. The summed E-state index contributed by atoms with van der Waals surface area (Å²) in [6.45, 7) is 1.57. The Morgan fingerprint density at radius 2 is 1.35 bits per heavy atom. The molecule has 102 valence electrons. The van der Waals surface area contributed by atoms with Gasteiger partial charge in [-0.3, -0.25) is 4.39 Å². The first-order chi connectivity index (χ1) is 7.49. The fourth-order valence-electron chi connectivity index (χ4n) is 1.23. The molecule has 0 spiro atoms. The van der Waals surface area contributed by atoms with Gasteiger partial charge in [-0.15, -0.1) is 6.58 Å². The van der Waals surface area contributed by atoms with Crippen LogP contribution in [-0.2, 0) is 0 Å². The molecule has 0 aliphatic carbocycles. The Morgan fingerprint density at radius 1 is 0.941 bits per heavy atom. The fraction of sp³-hybridized carbons (Fsp3) is 0.778. The largest absolute Gasteiger partial charge is 0.431 e. The minimum absolute atomic E-state index is 0.464. The van der Waals surface area contributed by atoms with Gasteiger partial charge in [0.15, 0.2) is 0 Å². The first kappa shape index (κ1) is 16.2. The topological polar surface area (TPSA) is 0 Å². The zero-order valence-electron chi connectivity index (χ0n) is 8.51. The second kappa shape index (κ2) is 5.22. The molecular weight excluding hydrogens is 260 g/mol. The summed E-state index contributed by atoms with van der Waals surface area (Å²) < 4.78 is 97.9. The number of alkyl halides is 8. The monoisotopic (exact) mass is 270 g/mol. The number of allylic oxidation sites excluding steroid dienone is 1. The summed E-state index contributed by atoms with van der Waals surface area (Å²) >= 11 is 0. The van der Waals surface area contributed by atoms with Crippen molar-refractivity contribution in [2.24, 2.45) is 5.92 Å². The molecule has 0 N–H and O–H groups in total. The highest BCUT2D eigenvalue weighted by atomic mass is 19.4. The maximum atomic E-state index is 13.1. The van der Waals surface area contributed by atoms with Gasteiger partial charge in [0, 0.05) is 6.42 Å². The molecule has 1 unspecified atom stereocenters. The first-order valence-corrected chi connectivity index (χ1v) is 4.48. The van der Waals surface area contributed by atoms with E-state index < -0.39 is 43.5 Å². The molecule has 0 rings (SSSR count). The third-order valence-corrected chi connectivity index (χ3v) is 2.19. The van der Waals surface area contributed by atoms with Crippen LogP contribution in [0.15, 0.2) is 12.7 Å². The van der Waals surface area contributed by atoms with Gasteiger partial charge in [-0.1, -0.05) is 6.08 Å². The molecule has 0 nitrogen and oxygen atoms in total. The predicted molar refractivity (Wildman–Crippen MR) is 44.8 cm³/mol. The summed E-state index contributed by atoms with van der Waals surface area (Å²) in [6, 6.07) is 0. The van der Waals surface area contributed by atoms with E-state index in [1.807, 2.05) is 0 Å². The lowest BCUT2D eigenvalue weighted by Gasteiger charge is -2.32. The molecule has 0 fully saturated rings. The van der Waals surface area contributed by atoms with E-state index in [9.17, 15) is 35.1 Å². The summed E-state index contributed by atoms with van der Waals surface area (Å²) in [6.07, 6.45) is -13.8. The van der Waals surface area contributed by atoms with Gasteiger partial charge in [0.2, 0.25) is 0 Å². The molecule has 0 aliphatic heterocycles. The maximum Gasteiger partial charge on any atom is 0.431 e. The van der Waals surface area contributed by atoms with E-state index in [0.717, 1.165) is 6.08 Å². The highest BCUT2D eigenvalue weighted by Gasteiger charge is 2.72. The van der Waals surface area contributed by atoms with Crippen LogP contribution in [0.5, 0.6) is 0 Å². The summed E-state index contributed by atoms with van der Waals surface area (Å²) in [7, 11) is 0. The van der Waals surface area contributed by atoms with Crippen LogP contribution in [0.4, 0.5) is 35.1 Å². The van der Waals surface area contributed by atoms with E-state index in [4.69, 9.17) is 0 Å². The summed E-state index contributed by atoms with van der Waals surface area (Å²) in [4.78, 5) is 0. The molecular formula is C9H10F8. The molecule has 0 aromatic carbocycles. The van der Waals surface area contributed by atoms with Gasteiger partial charge in [0.05, 0.1) is 6.67 Å². The molecule has 0 bridgehead atoms. The van der Waals surface area contributed by atoms with Crippen LogP contribution in [0.2, 0.25) is 0 Å². The minimum atomic E-state index is -6.13. The van der Waals surface area contributed by atoms with Crippen LogP contribution < -0.4 is 0 Å². The van der Waals surface area contributed by atoms with Crippen molar-refractivity contribution < 1.29 is 35.1 Å². The van der Waals surface area contributed by atoms with Crippen molar-refractivity contribution in [2.45, 2.75) is 30.9 Å². The second-order valence-corrected chi connectivity index (χ2v) is 3.55. The van der Waals surface area contributed by atoms with Crippen molar-refractivity contribution in [3.8, 4) is 0 Å². The van der Waals surface area contributed by atoms with E-state index in [-0.39, 0.29) is 0 Å². The molecule has 1 atom stereocenters. The average Bonchev–Trinajstić information content (AvgIpc) is 2.13. The standard InChI is InChI=1S/C9H10F8/c1-2-3-6(5-10)4-7(11,8(12,13)14)9(15,16)17/h2,6H,1,3-5H2. The second-order valence-electron chi connectivity index (χ2n) is 3.55. The molecule has 0 saturated heterocycles. The van der Waals surface area contributed by atoms with Gasteiger partial charge in [0.1, 0.15) is 0 Å². The van der Waals surface area contributed by atoms with Crippen molar-refractivity contribution in [3.05, 3.63) is 12.7 Å². The van der Waals surface area contributed by atoms with Crippen molar-refractivity contribution in [1.29, 1.82) is 0 Å². The van der Waals surface area contributed by atoms with Crippen molar-refractivity contribution >= 4 is 0 Å². The van der Waals surface area contributed by atoms with Crippen LogP contribution in [-0.4, -0.2) is 24.7 Å². The number of halogens is 8. The molecule has 0 amide bonds. The lowest BCUT2D eigenvalue weighted by atomic mass is 9.89. The quantitative estimate of drug-likeness (QED) is 0.514. The third kappa shape index (κ3) is 3.57. The first-order valence-electron chi connectivity index (χ1n) is 4.48. The third-order valence-electron chi connectivity index (χ3n) is 2.19. The molecule has 0 aromatic rings. The highest BCUT2D eigenvalue weighted by Crippen LogP contribution is 2.50. The minimum Gasteiger partial charge on any atom is -0.251 e. The predicted octanol–water partition coefficient (Wildman–Crippen LogP) is 4.37. The van der Waals surface area contributed by atoms with Gasteiger partial charge >= 0.3 is 12.4 Å². The fourth-order valence-corrected chi connectivity index (χ4v) is 1.23. The van der Waals surface area contributed by atoms with Crippen LogP contribution >= 0.6 is 0 Å². The Kier molecular flexibility index (Phi) is 4.97. The lowest BCUT2D eigenvalue weighted by molar-refractivity contribution is -0.346. The van der Waals surface area contributed by atoms with E-state index in [1.165, 1.54) is 0 Å². The summed E-state index contributed by atoms with van der Waals surface area (Å²) in [5, 5.41) is 0. The Hall–Kier alpha value is -0.820. The van der Waals surface area contributed by atoms with E-state index in [2.05, 4.69) is 6.58 Å². The summed E-state index contributed by atoms with van der Waals surface area (Å²) in [5.41, 5.74) is -5.39. The molecule has 0 radical (unpaired) electrons. The van der Waals surface area contributed by atoms with Gasteiger partial charge in [-0.05, 0) is 12.3 Å². The Labute approximate surface area is 92.3 Å². The Balaban J connectivity index is 5.15. The van der Waals surface area contributed by atoms with Gasteiger partial charge in [-0.2, -0.15) is 26.3 Å². The van der Waals surface area contributed by atoms with Gasteiger partial charge < -0.3 is 0 Å². The van der Waals surface area contributed by atoms with Crippen LogP contribution in [0.3, 0.4) is 0 Å². The SMILES string of the molecule is C=CCC(CF)CC(F)(C(F)(F)F)C(F)(F)F. The van der Waals surface area contributed by atoms with Gasteiger partial charge in [0.25, 0.3) is 5.67 Å². The van der Waals surface area contributed by atoms with Crippen molar-refractivity contribution in [3.63, 3.8) is 0 Å². The molecule has 17 heavy (non-hydrogen) atoms. The Morgan fingerprint density at radius 3 is 1.59 bits per heavy atom. The molecule has 0 heterocycles. The molecule has 8 heteroatoms. The van der Waals surface area contributed by atoms with E-state index in [0.29, 0.717) is 0 Å². The van der Waals surface area contributed by atoms with Crippen LogP contribution in [0.1, 0.15) is 12.8 Å². The molecule has 0 aromatic heterocycles. The molecule has 0 aliphatic rings. The van der Waals surface area contributed by atoms with Crippen molar-refractivity contribution in [2.75, 3.05) is 6.67 Å². The van der Waals surface area contributed by atoms with Crippen LogP contribution in [0.25, 0.3) is 0 Å². The Bertz CT molecular complexity index is 237. The van der Waals surface area contributed by atoms with Crippen molar-refractivity contribution in [1.82, 2.24) is 0 Å². The van der Waals surface area contributed by atoms with Crippen LogP contribution in [0, 0.1) is 5.92 Å².